The summed E-state index contributed by atoms with van der Waals surface area (Å²) in [6.07, 6.45) is 3.15. The van der Waals surface area contributed by atoms with Crippen molar-refractivity contribution in [1.82, 2.24) is 9.97 Å². The minimum Gasteiger partial charge on any atom is -0.481 e. The Morgan fingerprint density at radius 3 is 2.73 bits per heavy atom. The maximum Gasteiger partial charge on any atom is 0.218 e. The number of anilines is 1. The van der Waals surface area contributed by atoms with Crippen molar-refractivity contribution in [3.8, 4) is 17.3 Å². The summed E-state index contributed by atoms with van der Waals surface area (Å²) in [7, 11) is 1.56. The molecule has 22 heavy (non-hydrogen) atoms. The Balaban J connectivity index is 1.84. The first-order valence-corrected chi connectivity index (χ1v) is 6.66. The topological polar surface area (TPSA) is 72.5 Å². The fourth-order valence-corrected chi connectivity index (χ4v) is 1.83. The van der Waals surface area contributed by atoms with Crippen molar-refractivity contribution in [1.29, 1.82) is 0 Å². The Labute approximate surface area is 127 Å². The van der Waals surface area contributed by atoms with Crippen LogP contribution in [0.3, 0.4) is 0 Å². The SMILES string of the molecule is COc1cc(NN=Cc2ccco2)nc(-c2ccccc2)n1. The van der Waals surface area contributed by atoms with Gasteiger partial charge in [-0.25, -0.2) is 4.98 Å². The number of hydrazone groups is 1. The van der Waals surface area contributed by atoms with Crippen LogP contribution in [0.25, 0.3) is 11.4 Å². The molecule has 0 fully saturated rings. The van der Waals surface area contributed by atoms with E-state index in [1.165, 1.54) is 0 Å². The summed E-state index contributed by atoms with van der Waals surface area (Å²) >= 11 is 0. The van der Waals surface area contributed by atoms with Crippen LogP contribution in [-0.4, -0.2) is 23.3 Å². The van der Waals surface area contributed by atoms with Crippen LogP contribution in [0, 0.1) is 0 Å². The van der Waals surface area contributed by atoms with Gasteiger partial charge in [-0.3, -0.25) is 5.43 Å². The minimum absolute atomic E-state index is 0.463. The molecule has 110 valence electrons. The van der Waals surface area contributed by atoms with E-state index in [4.69, 9.17) is 9.15 Å². The van der Waals surface area contributed by atoms with E-state index in [1.807, 2.05) is 30.3 Å². The standard InChI is InChI=1S/C16H14N4O2/c1-21-15-10-14(20-17-11-13-8-5-9-22-13)18-16(19-15)12-6-3-2-4-7-12/h2-11H,1H3,(H,18,19,20). The molecule has 0 saturated carbocycles. The highest BCUT2D eigenvalue weighted by Crippen LogP contribution is 2.21. The van der Waals surface area contributed by atoms with Gasteiger partial charge >= 0.3 is 0 Å². The van der Waals surface area contributed by atoms with E-state index in [0.29, 0.717) is 23.3 Å². The van der Waals surface area contributed by atoms with Crippen LogP contribution in [0.2, 0.25) is 0 Å². The van der Waals surface area contributed by atoms with Crippen LogP contribution in [0.5, 0.6) is 5.88 Å². The summed E-state index contributed by atoms with van der Waals surface area (Å²) in [6, 6.07) is 14.9. The molecule has 2 heterocycles. The lowest BCUT2D eigenvalue weighted by Gasteiger charge is -2.06. The fourth-order valence-electron chi connectivity index (χ4n) is 1.83. The lowest BCUT2D eigenvalue weighted by Crippen LogP contribution is -1.99. The van der Waals surface area contributed by atoms with Gasteiger partial charge in [0.1, 0.15) is 5.76 Å². The molecule has 0 saturated heterocycles. The fraction of sp³-hybridized carbons (Fsp3) is 0.0625. The third-order valence-electron chi connectivity index (χ3n) is 2.86. The van der Waals surface area contributed by atoms with E-state index in [2.05, 4.69) is 20.5 Å². The number of nitrogens with one attached hydrogen (secondary N) is 1. The van der Waals surface area contributed by atoms with Crippen LogP contribution in [0.1, 0.15) is 5.76 Å². The van der Waals surface area contributed by atoms with Crippen molar-refractivity contribution in [2.45, 2.75) is 0 Å². The second-order valence-electron chi connectivity index (χ2n) is 4.37. The average molecular weight is 294 g/mol. The zero-order valence-electron chi connectivity index (χ0n) is 11.9. The minimum atomic E-state index is 0.463. The van der Waals surface area contributed by atoms with Crippen LogP contribution in [0.4, 0.5) is 5.82 Å². The van der Waals surface area contributed by atoms with Gasteiger partial charge in [-0.05, 0) is 12.1 Å². The molecule has 6 heteroatoms. The van der Waals surface area contributed by atoms with E-state index in [0.717, 1.165) is 5.56 Å². The van der Waals surface area contributed by atoms with Crippen LogP contribution >= 0.6 is 0 Å². The molecule has 0 aliphatic carbocycles. The molecule has 0 unspecified atom stereocenters. The summed E-state index contributed by atoms with van der Waals surface area (Å²) in [6.45, 7) is 0. The molecule has 0 aliphatic rings. The summed E-state index contributed by atoms with van der Waals surface area (Å²) in [5.41, 5.74) is 3.75. The van der Waals surface area contributed by atoms with Gasteiger partial charge < -0.3 is 9.15 Å². The first-order valence-electron chi connectivity index (χ1n) is 6.66. The van der Waals surface area contributed by atoms with Crippen molar-refractivity contribution in [2.24, 2.45) is 5.10 Å². The number of rotatable bonds is 5. The van der Waals surface area contributed by atoms with Crippen molar-refractivity contribution < 1.29 is 9.15 Å². The highest BCUT2D eigenvalue weighted by molar-refractivity contribution is 5.76. The van der Waals surface area contributed by atoms with Crippen molar-refractivity contribution in [2.75, 3.05) is 12.5 Å². The Bertz CT molecular complexity index is 755. The average Bonchev–Trinajstić information content (AvgIpc) is 3.09. The molecule has 0 bridgehead atoms. The van der Waals surface area contributed by atoms with E-state index < -0.39 is 0 Å². The van der Waals surface area contributed by atoms with Gasteiger partial charge in [0.15, 0.2) is 11.6 Å². The number of aromatic nitrogens is 2. The van der Waals surface area contributed by atoms with Crippen molar-refractivity contribution in [3.63, 3.8) is 0 Å². The maximum absolute atomic E-state index is 5.21. The van der Waals surface area contributed by atoms with E-state index in [1.54, 1.807) is 37.8 Å². The number of methoxy groups -OCH3 is 1. The Kier molecular flexibility index (Phi) is 4.10. The van der Waals surface area contributed by atoms with Gasteiger partial charge in [0.25, 0.3) is 0 Å². The lowest BCUT2D eigenvalue weighted by molar-refractivity contribution is 0.398. The monoisotopic (exact) mass is 294 g/mol. The van der Waals surface area contributed by atoms with Crippen molar-refractivity contribution >= 4 is 12.0 Å². The third kappa shape index (κ3) is 3.29. The molecule has 0 radical (unpaired) electrons. The summed E-state index contributed by atoms with van der Waals surface area (Å²) in [4.78, 5) is 8.76. The molecule has 0 amide bonds. The number of hydrogen-bond acceptors (Lipinski definition) is 6. The largest absolute Gasteiger partial charge is 0.481 e. The zero-order chi connectivity index (χ0) is 15.2. The first kappa shape index (κ1) is 13.8. The molecule has 2 aromatic heterocycles. The molecule has 0 atom stereocenters. The highest BCUT2D eigenvalue weighted by atomic mass is 16.5. The number of hydrogen-bond donors (Lipinski definition) is 1. The van der Waals surface area contributed by atoms with Gasteiger partial charge in [0, 0.05) is 11.6 Å². The molecule has 6 nitrogen and oxygen atoms in total. The molecular formula is C16H14N4O2. The normalized spacial score (nSPS) is 10.8. The maximum atomic E-state index is 5.21. The summed E-state index contributed by atoms with van der Waals surface area (Å²) in [5, 5.41) is 4.08. The van der Waals surface area contributed by atoms with Crippen LogP contribution < -0.4 is 10.2 Å². The first-order chi connectivity index (χ1) is 10.8. The van der Waals surface area contributed by atoms with Gasteiger partial charge in [-0.15, -0.1) is 0 Å². The second-order valence-corrected chi connectivity index (χ2v) is 4.37. The zero-order valence-corrected chi connectivity index (χ0v) is 11.9. The van der Waals surface area contributed by atoms with Crippen molar-refractivity contribution in [3.05, 3.63) is 60.6 Å². The van der Waals surface area contributed by atoms with Gasteiger partial charge in [-0.1, -0.05) is 30.3 Å². The van der Waals surface area contributed by atoms with Gasteiger partial charge in [0.2, 0.25) is 5.88 Å². The van der Waals surface area contributed by atoms with Gasteiger partial charge in [0.05, 0.1) is 19.6 Å². The molecular weight excluding hydrogens is 280 g/mol. The Morgan fingerprint density at radius 1 is 1.14 bits per heavy atom. The van der Waals surface area contributed by atoms with Crippen LogP contribution in [0.15, 0.2) is 64.3 Å². The number of benzene rings is 1. The molecule has 0 spiro atoms. The number of ether oxygens (including phenoxy) is 1. The predicted molar refractivity (Wildman–Crippen MR) is 83.9 cm³/mol. The van der Waals surface area contributed by atoms with Crippen LogP contribution in [-0.2, 0) is 0 Å². The highest BCUT2D eigenvalue weighted by Gasteiger charge is 2.06. The second kappa shape index (κ2) is 6.53. The molecule has 1 aromatic carbocycles. The lowest BCUT2D eigenvalue weighted by atomic mass is 10.2. The molecule has 3 rings (SSSR count). The predicted octanol–water partition coefficient (Wildman–Crippen LogP) is 3.19. The van der Waals surface area contributed by atoms with E-state index in [9.17, 15) is 0 Å². The quantitative estimate of drug-likeness (QED) is 0.578. The van der Waals surface area contributed by atoms with Gasteiger partial charge in [-0.2, -0.15) is 10.1 Å². The Morgan fingerprint density at radius 2 is 2.00 bits per heavy atom. The Hall–Kier alpha value is -3.15. The summed E-state index contributed by atoms with van der Waals surface area (Å²) < 4.78 is 10.4. The molecule has 0 aliphatic heterocycles. The summed E-state index contributed by atoms with van der Waals surface area (Å²) in [5.74, 6) is 2.21. The molecule has 3 aromatic rings. The molecule has 1 N–H and O–H groups in total. The number of furan rings is 1. The smallest absolute Gasteiger partial charge is 0.218 e. The van der Waals surface area contributed by atoms with E-state index in [-0.39, 0.29) is 0 Å². The third-order valence-corrected chi connectivity index (χ3v) is 2.86. The number of nitrogens with zero attached hydrogens (tertiary/aromatic N) is 3. The van der Waals surface area contributed by atoms with E-state index >= 15 is 0 Å².